The van der Waals surface area contributed by atoms with Gasteiger partial charge in [-0.1, -0.05) is 56.6 Å². The molecule has 1 atom stereocenters. The third-order valence-corrected chi connectivity index (χ3v) is 4.49. The van der Waals surface area contributed by atoms with Gasteiger partial charge in [-0.15, -0.1) is 0 Å². The predicted octanol–water partition coefficient (Wildman–Crippen LogP) is 4.79. The molecule has 1 aliphatic heterocycles. The first-order valence-electron chi connectivity index (χ1n) is 7.69. The van der Waals surface area contributed by atoms with Crippen LogP contribution in [-0.2, 0) is 0 Å². The van der Waals surface area contributed by atoms with Crippen LogP contribution in [-0.4, -0.2) is 18.6 Å². The van der Waals surface area contributed by atoms with Gasteiger partial charge in [-0.05, 0) is 29.7 Å². The highest BCUT2D eigenvalue weighted by molar-refractivity contribution is 6.34. The molecule has 2 aromatic carbocycles. The summed E-state index contributed by atoms with van der Waals surface area (Å²) in [5.41, 5.74) is 1.19. The number of rotatable bonds is 1. The van der Waals surface area contributed by atoms with E-state index in [4.69, 9.17) is 16.3 Å². The number of amides is 1. The van der Waals surface area contributed by atoms with Crippen LogP contribution in [0.15, 0.2) is 48.5 Å². The predicted molar refractivity (Wildman–Crippen MR) is 93.4 cm³/mol. The molecule has 0 bridgehead atoms. The molecule has 2 aromatic rings. The standard InChI is InChI=1S/C19H20ClNO2/c1-19(2,3)17-12-23-16-11-7-6-10-15(16)21(17)18(22)13-8-4-5-9-14(13)20/h4-11,17H,12H2,1-3H3/t17-/m1/s1. The summed E-state index contributed by atoms with van der Waals surface area (Å²) >= 11 is 6.25. The van der Waals surface area contributed by atoms with Crippen LogP contribution in [0, 0.1) is 5.41 Å². The first-order valence-corrected chi connectivity index (χ1v) is 8.07. The van der Waals surface area contributed by atoms with Crippen LogP contribution in [0.3, 0.4) is 0 Å². The molecule has 23 heavy (non-hydrogen) atoms. The number of hydrogen-bond donors (Lipinski definition) is 0. The zero-order valence-corrected chi connectivity index (χ0v) is 14.3. The Morgan fingerprint density at radius 3 is 2.48 bits per heavy atom. The van der Waals surface area contributed by atoms with Gasteiger partial charge in [0.25, 0.3) is 5.91 Å². The monoisotopic (exact) mass is 329 g/mol. The fraction of sp³-hybridized carbons (Fsp3) is 0.316. The molecule has 0 N–H and O–H groups in total. The average Bonchev–Trinajstić information content (AvgIpc) is 2.52. The Hall–Kier alpha value is -2.00. The summed E-state index contributed by atoms with van der Waals surface area (Å²) in [6.07, 6.45) is 0. The maximum atomic E-state index is 13.2. The number of ether oxygens (including phenoxy) is 1. The fourth-order valence-corrected chi connectivity index (χ4v) is 3.06. The molecule has 4 heteroatoms. The minimum Gasteiger partial charge on any atom is -0.489 e. The van der Waals surface area contributed by atoms with Crippen LogP contribution in [0.4, 0.5) is 5.69 Å². The maximum Gasteiger partial charge on any atom is 0.260 e. The lowest BCUT2D eigenvalue weighted by atomic mass is 9.84. The summed E-state index contributed by atoms with van der Waals surface area (Å²) in [6, 6.07) is 14.7. The highest BCUT2D eigenvalue weighted by atomic mass is 35.5. The van der Waals surface area contributed by atoms with Crippen LogP contribution in [0.2, 0.25) is 5.02 Å². The Morgan fingerprint density at radius 1 is 1.13 bits per heavy atom. The summed E-state index contributed by atoms with van der Waals surface area (Å²) in [4.78, 5) is 15.1. The van der Waals surface area contributed by atoms with E-state index in [2.05, 4.69) is 20.8 Å². The Bertz CT molecular complexity index is 736. The van der Waals surface area contributed by atoms with Gasteiger partial charge >= 0.3 is 0 Å². The minimum atomic E-state index is -0.121. The molecule has 3 rings (SSSR count). The summed E-state index contributed by atoms with van der Waals surface area (Å²) in [5.74, 6) is 0.639. The SMILES string of the molecule is CC(C)(C)[C@H]1COc2ccccc2N1C(=O)c1ccccc1Cl. The van der Waals surface area contributed by atoms with E-state index >= 15 is 0 Å². The van der Waals surface area contributed by atoms with Gasteiger partial charge < -0.3 is 4.74 Å². The molecular weight excluding hydrogens is 310 g/mol. The highest BCUT2D eigenvalue weighted by Gasteiger charge is 2.39. The van der Waals surface area contributed by atoms with Gasteiger partial charge in [0.1, 0.15) is 12.4 Å². The quantitative estimate of drug-likeness (QED) is 0.752. The molecule has 1 heterocycles. The van der Waals surface area contributed by atoms with Gasteiger partial charge in [-0.3, -0.25) is 9.69 Å². The van der Waals surface area contributed by atoms with Crippen molar-refractivity contribution in [1.29, 1.82) is 0 Å². The van der Waals surface area contributed by atoms with Crippen molar-refractivity contribution in [2.75, 3.05) is 11.5 Å². The van der Waals surface area contributed by atoms with E-state index in [1.54, 1.807) is 12.1 Å². The van der Waals surface area contributed by atoms with E-state index in [1.807, 2.05) is 41.3 Å². The topological polar surface area (TPSA) is 29.5 Å². The fourth-order valence-electron chi connectivity index (χ4n) is 2.84. The third-order valence-electron chi connectivity index (χ3n) is 4.16. The average molecular weight is 330 g/mol. The van der Waals surface area contributed by atoms with Crippen molar-refractivity contribution >= 4 is 23.2 Å². The van der Waals surface area contributed by atoms with E-state index in [-0.39, 0.29) is 17.4 Å². The van der Waals surface area contributed by atoms with Crippen molar-refractivity contribution < 1.29 is 9.53 Å². The van der Waals surface area contributed by atoms with Gasteiger partial charge in [0, 0.05) is 0 Å². The number of fused-ring (bicyclic) bond motifs is 1. The van der Waals surface area contributed by atoms with Gasteiger partial charge in [0.05, 0.1) is 22.3 Å². The first kappa shape index (κ1) is 15.9. The molecule has 0 aromatic heterocycles. The molecule has 1 amide bonds. The molecular formula is C19H20ClNO2. The molecule has 0 saturated heterocycles. The van der Waals surface area contributed by atoms with Crippen LogP contribution >= 0.6 is 11.6 Å². The second-order valence-corrected chi connectivity index (χ2v) is 7.22. The molecule has 3 nitrogen and oxygen atoms in total. The Balaban J connectivity index is 2.11. The zero-order valence-electron chi connectivity index (χ0n) is 13.5. The van der Waals surface area contributed by atoms with Gasteiger partial charge in [-0.25, -0.2) is 0 Å². The summed E-state index contributed by atoms with van der Waals surface area (Å²) in [5, 5.41) is 0.467. The van der Waals surface area contributed by atoms with Crippen LogP contribution in [0.5, 0.6) is 5.75 Å². The Labute approximate surface area is 141 Å². The van der Waals surface area contributed by atoms with E-state index in [1.165, 1.54) is 0 Å². The highest BCUT2D eigenvalue weighted by Crippen LogP contribution is 2.40. The van der Waals surface area contributed by atoms with Crippen molar-refractivity contribution in [3.8, 4) is 5.75 Å². The van der Waals surface area contributed by atoms with Crippen molar-refractivity contribution in [2.24, 2.45) is 5.41 Å². The van der Waals surface area contributed by atoms with Crippen LogP contribution < -0.4 is 9.64 Å². The van der Waals surface area contributed by atoms with Crippen LogP contribution in [0.1, 0.15) is 31.1 Å². The Kier molecular flexibility index (Phi) is 4.07. The van der Waals surface area contributed by atoms with E-state index < -0.39 is 0 Å². The number of halogens is 1. The van der Waals surface area contributed by atoms with E-state index in [9.17, 15) is 4.79 Å². The number of benzene rings is 2. The number of carbonyl (C=O) groups is 1. The number of carbonyl (C=O) groups excluding carboxylic acids is 1. The van der Waals surface area contributed by atoms with Crippen molar-refractivity contribution in [3.05, 3.63) is 59.1 Å². The summed E-state index contributed by atoms with van der Waals surface area (Å²) in [6.45, 7) is 6.81. The molecule has 0 spiro atoms. The van der Waals surface area contributed by atoms with Crippen LogP contribution in [0.25, 0.3) is 0 Å². The molecule has 0 unspecified atom stereocenters. The Morgan fingerprint density at radius 2 is 1.78 bits per heavy atom. The lowest BCUT2D eigenvalue weighted by molar-refractivity contribution is 0.0911. The zero-order chi connectivity index (χ0) is 16.6. The largest absolute Gasteiger partial charge is 0.489 e. The molecule has 0 saturated carbocycles. The molecule has 0 aliphatic carbocycles. The third kappa shape index (κ3) is 2.93. The van der Waals surface area contributed by atoms with Crippen molar-refractivity contribution in [2.45, 2.75) is 26.8 Å². The maximum absolute atomic E-state index is 13.2. The van der Waals surface area contributed by atoms with Gasteiger partial charge in [-0.2, -0.15) is 0 Å². The van der Waals surface area contributed by atoms with Gasteiger partial charge in [0.15, 0.2) is 0 Å². The molecule has 120 valence electrons. The van der Waals surface area contributed by atoms with E-state index in [0.29, 0.717) is 17.2 Å². The summed E-state index contributed by atoms with van der Waals surface area (Å²) in [7, 11) is 0. The van der Waals surface area contributed by atoms with Crippen molar-refractivity contribution in [1.82, 2.24) is 0 Å². The van der Waals surface area contributed by atoms with Crippen molar-refractivity contribution in [3.63, 3.8) is 0 Å². The lowest BCUT2D eigenvalue weighted by Gasteiger charge is -2.43. The summed E-state index contributed by atoms with van der Waals surface area (Å²) < 4.78 is 5.88. The number of para-hydroxylation sites is 2. The van der Waals surface area contributed by atoms with E-state index in [0.717, 1.165) is 11.4 Å². The lowest BCUT2D eigenvalue weighted by Crippen LogP contribution is -2.53. The normalized spacial score (nSPS) is 17.4. The second-order valence-electron chi connectivity index (χ2n) is 6.82. The second kappa shape index (κ2) is 5.89. The molecule has 0 radical (unpaired) electrons. The number of hydrogen-bond acceptors (Lipinski definition) is 2. The number of nitrogens with zero attached hydrogens (tertiary/aromatic N) is 1. The van der Waals surface area contributed by atoms with Gasteiger partial charge in [0.2, 0.25) is 0 Å². The smallest absolute Gasteiger partial charge is 0.260 e. The molecule has 0 fully saturated rings. The minimum absolute atomic E-state index is 0.0684. The molecule has 1 aliphatic rings. The first-order chi connectivity index (χ1) is 10.9. The number of anilines is 1.